The molecule has 0 radical (unpaired) electrons. The number of rotatable bonds is 5. The van der Waals surface area contributed by atoms with Crippen LogP contribution in [-0.2, 0) is 16.4 Å². The standard InChI is InChI=1S/C18H24N2O3S2/c21-25(22,16-3-4-17-14(7-16)5-6-23-17)20-11-18(12-20)8-15(10-24-18)19-9-13-1-2-13/h3-4,7,13,15,19H,1-2,5-6,8-12H2. The van der Waals surface area contributed by atoms with E-state index >= 15 is 0 Å². The topological polar surface area (TPSA) is 58.6 Å². The van der Waals surface area contributed by atoms with Crippen molar-refractivity contribution >= 4 is 21.8 Å². The average molecular weight is 381 g/mol. The molecular formula is C18H24N2O3S2. The van der Waals surface area contributed by atoms with Crippen LogP contribution in [0.4, 0.5) is 0 Å². The van der Waals surface area contributed by atoms with Crippen molar-refractivity contribution < 1.29 is 13.2 Å². The van der Waals surface area contributed by atoms with Crippen molar-refractivity contribution in [2.75, 3.05) is 32.0 Å². The molecule has 2 saturated heterocycles. The van der Waals surface area contributed by atoms with E-state index in [1.54, 1.807) is 22.5 Å². The molecule has 3 fully saturated rings. The third kappa shape index (κ3) is 2.99. The second-order valence-electron chi connectivity index (χ2n) is 7.89. The second kappa shape index (κ2) is 5.87. The van der Waals surface area contributed by atoms with Gasteiger partial charge in [-0.15, -0.1) is 0 Å². The van der Waals surface area contributed by atoms with Crippen molar-refractivity contribution in [1.29, 1.82) is 0 Å². The summed E-state index contributed by atoms with van der Waals surface area (Å²) in [5, 5.41) is 3.68. The highest BCUT2D eigenvalue weighted by Gasteiger charge is 2.53. The van der Waals surface area contributed by atoms with Crippen LogP contribution >= 0.6 is 11.8 Å². The van der Waals surface area contributed by atoms with Gasteiger partial charge in [0.15, 0.2) is 0 Å². The normalized spacial score (nSPS) is 27.9. The Kier molecular flexibility index (Phi) is 3.86. The predicted molar refractivity (Wildman–Crippen MR) is 98.7 cm³/mol. The van der Waals surface area contributed by atoms with Crippen LogP contribution in [0.25, 0.3) is 0 Å². The number of hydrogen-bond donors (Lipinski definition) is 1. The van der Waals surface area contributed by atoms with Gasteiger partial charge >= 0.3 is 0 Å². The van der Waals surface area contributed by atoms with Gasteiger partial charge in [-0.3, -0.25) is 0 Å². The summed E-state index contributed by atoms with van der Waals surface area (Å²) in [7, 11) is -3.38. The van der Waals surface area contributed by atoms with Crippen molar-refractivity contribution in [1.82, 2.24) is 9.62 Å². The molecule has 1 aromatic rings. The summed E-state index contributed by atoms with van der Waals surface area (Å²) in [5.74, 6) is 2.83. The van der Waals surface area contributed by atoms with E-state index in [1.807, 2.05) is 11.8 Å². The second-order valence-corrected chi connectivity index (χ2v) is 11.3. The molecule has 0 aromatic heterocycles. The van der Waals surface area contributed by atoms with Crippen LogP contribution in [0.2, 0.25) is 0 Å². The minimum absolute atomic E-state index is 0.133. The van der Waals surface area contributed by atoms with Crippen LogP contribution in [0, 0.1) is 5.92 Å². The fourth-order valence-corrected chi connectivity index (χ4v) is 7.52. The van der Waals surface area contributed by atoms with E-state index in [2.05, 4.69) is 5.32 Å². The van der Waals surface area contributed by atoms with Crippen LogP contribution < -0.4 is 10.1 Å². The fraction of sp³-hybridized carbons (Fsp3) is 0.667. The molecule has 7 heteroatoms. The van der Waals surface area contributed by atoms with Gasteiger partial charge in [-0.2, -0.15) is 16.1 Å². The lowest BCUT2D eigenvalue weighted by atomic mass is 9.94. The molecule has 5 nitrogen and oxygen atoms in total. The molecule has 4 aliphatic rings. The summed E-state index contributed by atoms with van der Waals surface area (Å²) in [6.07, 6.45) is 4.63. The monoisotopic (exact) mass is 380 g/mol. The molecule has 1 N–H and O–H groups in total. The Morgan fingerprint density at radius 3 is 2.96 bits per heavy atom. The SMILES string of the molecule is O=S(=O)(c1ccc2c(c1)CCO2)N1CC2(CC(NCC3CC3)CS2)C1. The molecule has 1 spiro atoms. The van der Waals surface area contributed by atoms with Gasteiger partial charge in [0.05, 0.1) is 11.5 Å². The van der Waals surface area contributed by atoms with Crippen LogP contribution in [0.15, 0.2) is 23.1 Å². The first-order valence-corrected chi connectivity index (χ1v) is 11.6. The van der Waals surface area contributed by atoms with Crippen LogP contribution in [-0.4, -0.2) is 55.5 Å². The van der Waals surface area contributed by atoms with E-state index < -0.39 is 10.0 Å². The van der Waals surface area contributed by atoms with Gasteiger partial charge in [0.25, 0.3) is 0 Å². The Bertz CT molecular complexity index is 786. The number of thioether (sulfide) groups is 1. The van der Waals surface area contributed by atoms with E-state index in [0.717, 1.165) is 42.4 Å². The Morgan fingerprint density at radius 1 is 1.32 bits per heavy atom. The van der Waals surface area contributed by atoms with Gasteiger partial charge in [-0.25, -0.2) is 8.42 Å². The van der Waals surface area contributed by atoms with Gasteiger partial charge in [0.2, 0.25) is 10.0 Å². The van der Waals surface area contributed by atoms with Gasteiger partial charge in [0, 0.05) is 36.1 Å². The van der Waals surface area contributed by atoms with E-state index in [4.69, 9.17) is 4.74 Å². The number of sulfonamides is 1. The third-order valence-electron chi connectivity index (χ3n) is 5.83. The summed E-state index contributed by atoms with van der Waals surface area (Å²) in [4.78, 5) is 0.415. The first-order chi connectivity index (χ1) is 12.0. The van der Waals surface area contributed by atoms with E-state index in [1.165, 1.54) is 12.8 Å². The Balaban J connectivity index is 1.23. The Hall–Kier alpha value is -0.760. The molecule has 1 aliphatic carbocycles. The zero-order chi connectivity index (χ0) is 17.1. The molecular weight excluding hydrogens is 356 g/mol. The number of hydrogen-bond acceptors (Lipinski definition) is 5. The molecule has 1 unspecified atom stereocenters. The van der Waals surface area contributed by atoms with Crippen molar-refractivity contribution in [3.63, 3.8) is 0 Å². The molecule has 25 heavy (non-hydrogen) atoms. The summed E-state index contributed by atoms with van der Waals surface area (Å²) < 4.78 is 33.1. The average Bonchev–Trinajstić information content (AvgIpc) is 3.10. The molecule has 1 atom stereocenters. The van der Waals surface area contributed by atoms with Crippen LogP contribution in [0.1, 0.15) is 24.8 Å². The number of nitrogens with zero attached hydrogens (tertiary/aromatic N) is 1. The predicted octanol–water partition coefficient (Wildman–Crippen LogP) is 1.87. The van der Waals surface area contributed by atoms with Crippen molar-refractivity contribution in [3.05, 3.63) is 23.8 Å². The van der Waals surface area contributed by atoms with E-state index in [-0.39, 0.29) is 4.75 Å². The molecule has 3 heterocycles. The molecule has 1 aromatic carbocycles. The largest absolute Gasteiger partial charge is 0.493 e. The zero-order valence-electron chi connectivity index (χ0n) is 14.2. The van der Waals surface area contributed by atoms with Crippen LogP contribution in [0.5, 0.6) is 5.75 Å². The highest BCUT2D eigenvalue weighted by molar-refractivity contribution is 8.01. The third-order valence-corrected chi connectivity index (χ3v) is 9.22. The maximum absolute atomic E-state index is 12.9. The first kappa shape index (κ1) is 16.4. The fourth-order valence-electron chi connectivity index (χ4n) is 4.09. The van der Waals surface area contributed by atoms with Crippen molar-refractivity contribution in [2.24, 2.45) is 5.92 Å². The summed E-state index contributed by atoms with van der Waals surface area (Å²) in [5.41, 5.74) is 1.01. The lowest BCUT2D eigenvalue weighted by Gasteiger charge is -2.46. The number of ether oxygens (including phenoxy) is 1. The summed E-state index contributed by atoms with van der Waals surface area (Å²) in [6, 6.07) is 5.83. The Morgan fingerprint density at radius 2 is 2.16 bits per heavy atom. The number of benzene rings is 1. The molecule has 136 valence electrons. The molecule has 5 rings (SSSR count). The highest BCUT2D eigenvalue weighted by atomic mass is 32.2. The maximum Gasteiger partial charge on any atom is 0.243 e. The quantitative estimate of drug-likeness (QED) is 0.845. The minimum Gasteiger partial charge on any atom is -0.493 e. The Labute approximate surface area is 153 Å². The van der Waals surface area contributed by atoms with E-state index in [9.17, 15) is 8.42 Å². The number of nitrogens with one attached hydrogen (secondary N) is 1. The highest BCUT2D eigenvalue weighted by Crippen LogP contribution is 2.47. The van der Waals surface area contributed by atoms with Gasteiger partial charge in [-0.1, -0.05) is 0 Å². The van der Waals surface area contributed by atoms with Gasteiger partial charge in [-0.05, 0) is 55.5 Å². The molecule has 3 aliphatic heterocycles. The van der Waals surface area contributed by atoms with E-state index in [0.29, 0.717) is 30.6 Å². The molecule has 0 amide bonds. The maximum atomic E-state index is 12.9. The summed E-state index contributed by atoms with van der Waals surface area (Å²) >= 11 is 1.96. The smallest absolute Gasteiger partial charge is 0.243 e. The minimum atomic E-state index is -3.38. The summed E-state index contributed by atoms with van der Waals surface area (Å²) in [6.45, 7) is 3.09. The first-order valence-electron chi connectivity index (χ1n) is 9.17. The zero-order valence-corrected chi connectivity index (χ0v) is 15.9. The van der Waals surface area contributed by atoms with Crippen LogP contribution in [0.3, 0.4) is 0 Å². The van der Waals surface area contributed by atoms with Crippen molar-refractivity contribution in [3.8, 4) is 5.75 Å². The number of fused-ring (bicyclic) bond motifs is 1. The van der Waals surface area contributed by atoms with Crippen molar-refractivity contribution in [2.45, 2.75) is 41.4 Å². The van der Waals surface area contributed by atoms with Gasteiger partial charge in [0.1, 0.15) is 5.75 Å². The lowest BCUT2D eigenvalue weighted by Crippen LogP contribution is -2.60. The molecule has 0 bridgehead atoms. The molecule has 1 saturated carbocycles. The van der Waals surface area contributed by atoms with Gasteiger partial charge < -0.3 is 10.1 Å². The lowest BCUT2D eigenvalue weighted by molar-refractivity contribution is 0.219.